The first kappa shape index (κ1) is 20.1. The van der Waals surface area contributed by atoms with Crippen LogP contribution in [0.15, 0.2) is 109 Å². The van der Waals surface area contributed by atoms with Gasteiger partial charge in [-0.15, -0.1) is 0 Å². The molecule has 0 amide bonds. The Bertz CT molecular complexity index is 1760. The van der Waals surface area contributed by atoms with Crippen molar-refractivity contribution in [3.8, 4) is 33.6 Å². The maximum Gasteiger partial charge on any atom is 0.0973 e. The lowest BCUT2D eigenvalue weighted by molar-refractivity contribution is 0.661. The lowest BCUT2D eigenvalue weighted by Crippen LogP contribution is -2.14. The Balaban J connectivity index is 1.54. The molecule has 7 rings (SSSR count). The van der Waals surface area contributed by atoms with Gasteiger partial charge in [0.1, 0.15) is 0 Å². The summed E-state index contributed by atoms with van der Waals surface area (Å²) in [6, 6.07) is 38.6. The maximum absolute atomic E-state index is 5.13. The smallest absolute Gasteiger partial charge is 0.0973 e. The van der Waals surface area contributed by atoms with Crippen LogP contribution in [0, 0.1) is 0 Å². The Morgan fingerprint density at radius 1 is 0.543 bits per heavy atom. The SMILES string of the molecule is CC1(C)c2ccccc2-c2c1ccc1ccc(-c3nc4ccccc4nc3-c3ccccc3)cc21. The van der Waals surface area contributed by atoms with Crippen LogP contribution in [0.4, 0.5) is 0 Å². The third-order valence-corrected chi connectivity index (χ3v) is 7.46. The summed E-state index contributed by atoms with van der Waals surface area (Å²) >= 11 is 0. The quantitative estimate of drug-likeness (QED) is 0.266. The molecule has 5 aromatic carbocycles. The molecule has 2 heteroatoms. The molecule has 0 fully saturated rings. The van der Waals surface area contributed by atoms with Crippen molar-refractivity contribution in [3.63, 3.8) is 0 Å². The van der Waals surface area contributed by atoms with Crippen molar-refractivity contribution in [1.29, 1.82) is 0 Å². The van der Waals surface area contributed by atoms with Crippen molar-refractivity contribution in [2.45, 2.75) is 19.3 Å². The molecular formula is C33H24N2. The van der Waals surface area contributed by atoms with Crippen LogP contribution in [-0.4, -0.2) is 9.97 Å². The summed E-state index contributed by atoms with van der Waals surface area (Å²) in [5.41, 5.74) is 11.3. The molecule has 2 nitrogen and oxygen atoms in total. The molecule has 1 aliphatic carbocycles. The Morgan fingerprint density at radius 2 is 1.17 bits per heavy atom. The second kappa shape index (κ2) is 7.35. The molecule has 0 radical (unpaired) electrons. The fourth-order valence-corrected chi connectivity index (χ4v) is 5.67. The van der Waals surface area contributed by atoms with Gasteiger partial charge in [0.25, 0.3) is 0 Å². The molecule has 1 heterocycles. The van der Waals surface area contributed by atoms with Crippen molar-refractivity contribution in [2.75, 3.05) is 0 Å². The zero-order valence-electron chi connectivity index (χ0n) is 19.8. The molecule has 1 aromatic heterocycles. The van der Waals surface area contributed by atoms with Gasteiger partial charge < -0.3 is 0 Å². The van der Waals surface area contributed by atoms with Crippen LogP contribution in [0.1, 0.15) is 25.0 Å². The first-order valence-corrected chi connectivity index (χ1v) is 12.1. The summed E-state index contributed by atoms with van der Waals surface area (Å²) in [5.74, 6) is 0. The molecule has 0 atom stereocenters. The van der Waals surface area contributed by atoms with E-state index in [0.717, 1.165) is 33.5 Å². The van der Waals surface area contributed by atoms with E-state index in [9.17, 15) is 0 Å². The van der Waals surface area contributed by atoms with Gasteiger partial charge in [-0.25, -0.2) is 9.97 Å². The number of hydrogen-bond acceptors (Lipinski definition) is 2. The predicted octanol–water partition coefficient (Wildman–Crippen LogP) is 8.42. The van der Waals surface area contributed by atoms with Crippen molar-refractivity contribution in [1.82, 2.24) is 9.97 Å². The van der Waals surface area contributed by atoms with Gasteiger partial charge in [0, 0.05) is 16.5 Å². The highest BCUT2D eigenvalue weighted by Crippen LogP contribution is 2.51. The number of rotatable bonds is 2. The zero-order valence-corrected chi connectivity index (χ0v) is 19.8. The van der Waals surface area contributed by atoms with Gasteiger partial charge in [-0.05, 0) is 51.2 Å². The van der Waals surface area contributed by atoms with E-state index in [4.69, 9.17) is 9.97 Å². The largest absolute Gasteiger partial charge is 0.244 e. The lowest BCUT2D eigenvalue weighted by atomic mass is 9.82. The fourth-order valence-electron chi connectivity index (χ4n) is 5.67. The molecule has 35 heavy (non-hydrogen) atoms. The molecular weight excluding hydrogens is 424 g/mol. The Morgan fingerprint density at radius 3 is 1.94 bits per heavy atom. The Kier molecular flexibility index (Phi) is 4.22. The summed E-state index contributed by atoms with van der Waals surface area (Å²) in [4.78, 5) is 10.2. The minimum atomic E-state index is -0.0198. The summed E-state index contributed by atoms with van der Waals surface area (Å²) < 4.78 is 0. The molecule has 0 bridgehead atoms. The highest BCUT2D eigenvalue weighted by molar-refractivity contribution is 6.04. The first-order chi connectivity index (χ1) is 17.1. The van der Waals surface area contributed by atoms with E-state index in [1.54, 1.807) is 0 Å². The first-order valence-electron chi connectivity index (χ1n) is 12.1. The molecule has 166 valence electrons. The van der Waals surface area contributed by atoms with E-state index in [0.29, 0.717) is 0 Å². The third-order valence-electron chi connectivity index (χ3n) is 7.46. The predicted molar refractivity (Wildman–Crippen MR) is 145 cm³/mol. The van der Waals surface area contributed by atoms with Crippen LogP contribution >= 0.6 is 0 Å². The Labute approximate surface area is 204 Å². The van der Waals surface area contributed by atoms with Crippen LogP contribution in [0.2, 0.25) is 0 Å². The molecule has 0 spiro atoms. The highest BCUT2D eigenvalue weighted by atomic mass is 14.8. The van der Waals surface area contributed by atoms with Gasteiger partial charge in [-0.3, -0.25) is 0 Å². The van der Waals surface area contributed by atoms with Gasteiger partial charge in [0.05, 0.1) is 22.4 Å². The van der Waals surface area contributed by atoms with Crippen molar-refractivity contribution < 1.29 is 0 Å². The van der Waals surface area contributed by atoms with Crippen LogP contribution in [-0.2, 0) is 5.41 Å². The Hall–Kier alpha value is -4.30. The summed E-state index contributed by atoms with van der Waals surface area (Å²) in [6.45, 7) is 4.66. The molecule has 0 saturated carbocycles. The molecule has 0 aliphatic heterocycles. The van der Waals surface area contributed by atoms with Crippen molar-refractivity contribution in [3.05, 3.63) is 120 Å². The molecule has 1 aliphatic rings. The average Bonchev–Trinajstić information content (AvgIpc) is 3.15. The number of hydrogen-bond donors (Lipinski definition) is 0. The number of fused-ring (bicyclic) bond motifs is 6. The standard InChI is InChI=1S/C33H24N2/c1-33(2)26-13-7-6-12-24(26)30-25-20-23(17-16-21(25)18-19-27(30)33)32-31(22-10-4-3-5-11-22)34-28-14-8-9-15-29(28)35-32/h3-20H,1-2H3. The summed E-state index contributed by atoms with van der Waals surface area (Å²) in [6.07, 6.45) is 0. The normalized spacial score (nSPS) is 13.7. The van der Waals surface area contributed by atoms with Crippen LogP contribution in [0.5, 0.6) is 0 Å². The summed E-state index contributed by atoms with van der Waals surface area (Å²) in [5, 5.41) is 2.52. The second-order valence-electron chi connectivity index (χ2n) is 9.87. The molecule has 0 saturated heterocycles. The zero-order chi connectivity index (χ0) is 23.6. The van der Waals surface area contributed by atoms with E-state index in [1.165, 1.54) is 33.0 Å². The molecule has 0 N–H and O–H groups in total. The summed E-state index contributed by atoms with van der Waals surface area (Å²) in [7, 11) is 0. The molecule has 6 aromatic rings. The number of para-hydroxylation sites is 2. The van der Waals surface area contributed by atoms with Crippen LogP contribution < -0.4 is 0 Å². The third kappa shape index (κ3) is 2.96. The fraction of sp³-hybridized carbons (Fsp3) is 0.0909. The van der Waals surface area contributed by atoms with E-state index in [2.05, 4.69) is 92.7 Å². The highest BCUT2D eigenvalue weighted by Gasteiger charge is 2.36. The average molecular weight is 449 g/mol. The van der Waals surface area contributed by atoms with Gasteiger partial charge in [-0.1, -0.05) is 105 Å². The maximum atomic E-state index is 5.13. The number of nitrogens with zero attached hydrogens (tertiary/aromatic N) is 2. The van der Waals surface area contributed by atoms with Gasteiger partial charge in [0.2, 0.25) is 0 Å². The van der Waals surface area contributed by atoms with E-state index in [-0.39, 0.29) is 5.41 Å². The van der Waals surface area contributed by atoms with Crippen LogP contribution in [0.3, 0.4) is 0 Å². The molecule has 0 unspecified atom stereocenters. The topological polar surface area (TPSA) is 25.8 Å². The van der Waals surface area contributed by atoms with Crippen molar-refractivity contribution in [2.24, 2.45) is 0 Å². The van der Waals surface area contributed by atoms with Gasteiger partial charge >= 0.3 is 0 Å². The second-order valence-corrected chi connectivity index (χ2v) is 9.87. The van der Waals surface area contributed by atoms with Gasteiger partial charge in [-0.2, -0.15) is 0 Å². The van der Waals surface area contributed by atoms with E-state index < -0.39 is 0 Å². The number of benzene rings is 5. The minimum Gasteiger partial charge on any atom is -0.244 e. The minimum absolute atomic E-state index is 0.0198. The van der Waals surface area contributed by atoms with E-state index >= 15 is 0 Å². The van der Waals surface area contributed by atoms with Crippen LogP contribution in [0.25, 0.3) is 55.4 Å². The lowest BCUT2D eigenvalue weighted by Gasteiger charge is -2.21. The van der Waals surface area contributed by atoms with Crippen molar-refractivity contribution >= 4 is 21.8 Å². The van der Waals surface area contributed by atoms with E-state index in [1.807, 2.05) is 30.3 Å². The van der Waals surface area contributed by atoms with Gasteiger partial charge in [0.15, 0.2) is 0 Å². The monoisotopic (exact) mass is 448 g/mol. The number of aromatic nitrogens is 2.